The van der Waals surface area contributed by atoms with Gasteiger partial charge in [-0.3, -0.25) is 14.4 Å². The third-order valence-corrected chi connectivity index (χ3v) is 5.87. The van der Waals surface area contributed by atoms with E-state index in [1.165, 1.54) is 0 Å². The normalized spacial score (nSPS) is 11.3. The minimum atomic E-state index is -0.244. The number of aromatic amines is 2. The molecule has 2 heterocycles. The van der Waals surface area contributed by atoms with Gasteiger partial charge < -0.3 is 14.9 Å². The first-order valence-corrected chi connectivity index (χ1v) is 10.3. The summed E-state index contributed by atoms with van der Waals surface area (Å²) in [5.74, 6) is -0.0774. The van der Waals surface area contributed by atoms with Crippen LogP contribution in [0.2, 0.25) is 0 Å². The van der Waals surface area contributed by atoms with Crippen LogP contribution in [0.5, 0.6) is 0 Å². The van der Waals surface area contributed by atoms with Crippen LogP contribution in [0, 0.1) is 6.92 Å². The second-order valence-corrected chi connectivity index (χ2v) is 8.06. The summed E-state index contributed by atoms with van der Waals surface area (Å²) in [6.07, 6.45) is 0. The van der Waals surface area contributed by atoms with E-state index in [0.717, 1.165) is 11.1 Å². The number of nitrogens with zero attached hydrogens (tertiary/aromatic N) is 1. The van der Waals surface area contributed by atoms with Crippen molar-refractivity contribution >= 4 is 38.7 Å². The van der Waals surface area contributed by atoms with Crippen LogP contribution >= 0.6 is 0 Å². The summed E-state index contributed by atoms with van der Waals surface area (Å²) in [6, 6.07) is 20.0. The molecule has 158 valence electrons. The first kappa shape index (κ1) is 19.8. The van der Waals surface area contributed by atoms with Crippen LogP contribution < -0.4 is 10.9 Å². The van der Waals surface area contributed by atoms with Crippen LogP contribution in [-0.2, 0) is 6.54 Å². The number of aromatic nitrogens is 2. The van der Waals surface area contributed by atoms with Crippen LogP contribution in [-0.4, -0.2) is 27.8 Å². The zero-order valence-electron chi connectivity index (χ0n) is 17.7. The topological polar surface area (TPSA) is 86.0 Å². The number of para-hydroxylation sites is 1. The third-order valence-electron chi connectivity index (χ3n) is 5.87. The molecule has 0 aliphatic heterocycles. The Morgan fingerprint density at radius 2 is 1.44 bits per heavy atom. The number of carbonyl (C=O) groups excluding carboxylic acids is 1. The van der Waals surface area contributed by atoms with E-state index in [4.69, 9.17) is 0 Å². The van der Waals surface area contributed by atoms with Crippen molar-refractivity contribution in [1.82, 2.24) is 14.9 Å². The van der Waals surface area contributed by atoms with Crippen molar-refractivity contribution in [2.24, 2.45) is 0 Å². The van der Waals surface area contributed by atoms with Crippen LogP contribution in [0.15, 0.2) is 76.3 Å². The highest BCUT2D eigenvalue weighted by molar-refractivity contribution is 5.97. The van der Waals surface area contributed by atoms with E-state index in [1.807, 2.05) is 43.3 Å². The van der Waals surface area contributed by atoms with Gasteiger partial charge in [-0.15, -0.1) is 0 Å². The average Bonchev–Trinajstić information content (AvgIpc) is 2.80. The lowest BCUT2D eigenvalue weighted by molar-refractivity contribution is 0.0784. The number of hydrogen-bond donors (Lipinski definition) is 2. The van der Waals surface area contributed by atoms with Crippen molar-refractivity contribution in [2.75, 3.05) is 7.05 Å². The van der Waals surface area contributed by atoms with Gasteiger partial charge in [-0.2, -0.15) is 0 Å². The van der Waals surface area contributed by atoms with Gasteiger partial charge in [0.25, 0.3) is 5.91 Å². The molecule has 5 aromatic rings. The Morgan fingerprint density at radius 3 is 2.19 bits per heavy atom. The Balaban J connectivity index is 1.58. The zero-order chi connectivity index (χ0) is 22.4. The Hall–Kier alpha value is -4.19. The number of nitrogens with one attached hydrogen (secondary N) is 2. The molecule has 1 amide bonds. The number of fused-ring (bicyclic) bond motifs is 3. The third kappa shape index (κ3) is 3.17. The van der Waals surface area contributed by atoms with Gasteiger partial charge in [0.2, 0.25) is 10.9 Å². The first-order chi connectivity index (χ1) is 15.4. The highest BCUT2D eigenvalue weighted by atomic mass is 16.2. The fourth-order valence-electron chi connectivity index (χ4n) is 4.15. The predicted molar refractivity (Wildman–Crippen MR) is 127 cm³/mol. The van der Waals surface area contributed by atoms with Crippen molar-refractivity contribution in [3.05, 3.63) is 104 Å². The molecule has 0 fully saturated rings. The van der Waals surface area contributed by atoms with E-state index < -0.39 is 0 Å². The van der Waals surface area contributed by atoms with Crippen LogP contribution in [0.4, 0.5) is 0 Å². The molecule has 0 unspecified atom stereocenters. The molecular weight excluding hydrogens is 402 g/mol. The van der Waals surface area contributed by atoms with Gasteiger partial charge in [0.1, 0.15) is 11.0 Å². The molecule has 0 saturated heterocycles. The molecule has 32 heavy (non-hydrogen) atoms. The van der Waals surface area contributed by atoms with Gasteiger partial charge in [-0.25, -0.2) is 0 Å². The van der Waals surface area contributed by atoms with Gasteiger partial charge in [0.05, 0.1) is 0 Å². The van der Waals surface area contributed by atoms with Crippen LogP contribution in [0.25, 0.3) is 32.8 Å². The molecule has 0 atom stereocenters. The standard InChI is InChI=1S/C26H21N3O3/c1-15-7-3-4-8-17(15)26(32)29(2)14-16-11-12-21-19(13-16)25(31)23-22(28-21)24(30)18-9-5-6-10-20(18)27-23/h3-13H,14H2,1-2H3,(H,27,30)(H,28,31). The molecule has 0 spiro atoms. The SMILES string of the molecule is Cc1ccccc1C(=O)N(C)Cc1ccc2[nH]c3c(=O)c4ccccc4[nH]c3c(=O)c2c1. The minimum Gasteiger partial charge on any atom is -0.350 e. The summed E-state index contributed by atoms with van der Waals surface area (Å²) < 4.78 is 0. The summed E-state index contributed by atoms with van der Waals surface area (Å²) in [6.45, 7) is 2.26. The van der Waals surface area contributed by atoms with Gasteiger partial charge in [0, 0.05) is 41.0 Å². The first-order valence-electron chi connectivity index (χ1n) is 10.3. The average molecular weight is 423 g/mol. The lowest BCUT2D eigenvalue weighted by Gasteiger charge is -2.19. The number of carbonyl (C=O) groups is 1. The van der Waals surface area contributed by atoms with E-state index in [9.17, 15) is 14.4 Å². The monoisotopic (exact) mass is 423 g/mol. The van der Waals surface area contributed by atoms with E-state index in [1.54, 1.807) is 42.3 Å². The molecule has 6 heteroatoms. The molecule has 2 aromatic heterocycles. The molecule has 0 aliphatic rings. The van der Waals surface area contributed by atoms with Crippen molar-refractivity contribution in [1.29, 1.82) is 0 Å². The van der Waals surface area contributed by atoms with Crippen LogP contribution in [0.3, 0.4) is 0 Å². The minimum absolute atomic E-state index is 0.0774. The summed E-state index contributed by atoms with van der Waals surface area (Å²) in [5.41, 5.74) is 3.67. The molecular formula is C26H21N3O3. The van der Waals surface area contributed by atoms with Gasteiger partial charge in [-0.05, 0) is 48.4 Å². The summed E-state index contributed by atoms with van der Waals surface area (Å²) in [5, 5.41) is 1.00. The lowest BCUT2D eigenvalue weighted by atomic mass is 10.1. The highest BCUT2D eigenvalue weighted by Gasteiger charge is 2.16. The Morgan fingerprint density at radius 1 is 0.812 bits per heavy atom. The van der Waals surface area contributed by atoms with E-state index in [0.29, 0.717) is 33.9 Å². The molecule has 6 nitrogen and oxygen atoms in total. The summed E-state index contributed by atoms with van der Waals surface area (Å²) in [4.78, 5) is 46.9. The molecule has 0 radical (unpaired) electrons. The number of pyridine rings is 2. The van der Waals surface area contributed by atoms with Gasteiger partial charge in [-0.1, -0.05) is 36.4 Å². The smallest absolute Gasteiger partial charge is 0.254 e. The number of rotatable bonds is 3. The molecule has 3 aromatic carbocycles. The quantitative estimate of drug-likeness (QED) is 0.428. The maximum absolute atomic E-state index is 13.3. The van der Waals surface area contributed by atoms with Crippen molar-refractivity contribution < 1.29 is 4.79 Å². The van der Waals surface area contributed by atoms with Crippen molar-refractivity contribution in [3.8, 4) is 0 Å². The predicted octanol–water partition coefficient (Wildman–Crippen LogP) is 4.10. The lowest BCUT2D eigenvalue weighted by Crippen LogP contribution is -2.26. The van der Waals surface area contributed by atoms with Gasteiger partial charge >= 0.3 is 0 Å². The number of amides is 1. The molecule has 0 aliphatic carbocycles. The maximum atomic E-state index is 13.3. The number of hydrogen-bond acceptors (Lipinski definition) is 3. The summed E-state index contributed by atoms with van der Waals surface area (Å²) >= 11 is 0. The highest BCUT2D eigenvalue weighted by Crippen LogP contribution is 2.18. The molecule has 0 saturated carbocycles. The molecule has 2 N–H and O–H groups in total. The Labute approximate surface area is 183 Å². The van der Waals surface area contributed by atoms with E-state index in [2.05, 4.69) is 9.97 Å². The Kier molecular flexibility index (Phi) is 4.63. The van der Waals surface area contributed by atoms with E-state index >= 15 is 0 Å². The number of aryl methyl sites for hydroxylation is 1. The second kappa shape index (κ2) is 7.50. The van der Waals surface area contributed by atoms with Gasteiger partial charge in [0.15, 0.2) is 0 Å². The fraction of sp³-hybridized carbons (Fsp3) is 0.115. The van der Waals surface area contributed by atoms with Crippen LogP contribution in [0.1, 0.15) is 21.5 Å². The number of H-pyrrole nitrogens is 2. The maximum Gasteiger partial charge on any atom is 0.254 e. The summed E-state index contributed by atoms with van der Waals surface area (Å²) in [7, 11) is 1.74. The zero-order valence-corrected chi connectivity index (χ0v) is 17.7. The van der Waals surface area contributed by atoms with E-state index in [-0.39, 0.29) is 27.8 Å². The fourth-order valence-corrected chi connectivity index (χ4v) is 4.15. The second-order valence-electron chi connectivity index (χ2n) is 8.06. The molecule has 5 rings (SSSR count). The van der Waals surface area contributed by atoms with Crippen molar-refractivity contribution in [2.45, 2.75) is 13.5 Å². The molecule has 0 bridgehead atoms. The number of benzene rings is 3. The largest absolute Gasteiger partial charge is 0.350 e. The van der Waals surface area contributed by atoms with Crippen molar-refractivity contribution in [3.63, 3.8) is 0 Å². The Bertz CT molecular complexity index is 1650.